The second kappa shape index (κ2) is 6.51. The predicted molar refractivity (Wildman–Crippen MR) is 87.1 cm³/mol. The molecule has 124 valence electrons. The zero-order valence-electron chi connectivity index (χ0n) is 13.8. The van der Waals surface area contributed by atoms with Gasteiger partial charge in [0, 0.05) is 4.91 Å². The molecule has 0 spiro atoms. The van der Waals surface area contributed by atoms with Crippen LogP contribution in [0.15, 0.2) is 29.4 Å². The largest absolute Gasteiger partial charge is 0.494 e. The predicted octanol–water partition coefficient (Wildman–Crippen LogP) is 1.69. The first-order chi connectivity index (χ1) is 10.7. The number of aliphatic hydroxyl groups is 2. The van der Waals surface area contributed by atoms with E-state index in [2.05, 4.69) is 10.0 Å². The van der Waals surface area contributed by atoms with Crippen LogP contribution < -0.4 is 5.46 Å². The molecule has 1 fully saturated rings. The highest BCUT2D eigenvalue weighted by Crippen LogP contribution is 2.36. The minimum Gasteiger partial charge on any atom is -0.399 e. The van der Waals surface area contributed by atoms with Crippen LogP contribution in [0.4, 0.5) is 0 Å². The van der Waals surface area contributed by atoms with E-state index >= 15 is 0 Å². The summed E-state index contributed by atoms with van der Waals surface area (Å²) in [5, 5.41) is 23.1. The molecule has 0 aromatic heterocycles. The van der Waals surface area contributed by atoms with E-state index < -0.39 is 30.5 Å². The third-order valence-electron chi connectivity index (χ3n) is 4.50. The Bertz CT molecular complexity index is 583. The Morgan fingerprint density at radius 3 is 2.13 bits per heavy atom. The fourth-order valence-corrected chi connectivity index (χ4v) is 2.27. The smallest absolute Gasteiger partial charge is 0.399 e. The van der Waals surface area contributed by atoms with E-state index in [0.717, 1.165) is 5.46 Å². The lowest BCUT2D eigenvalue weighted by atomic mass is 9.78. The van der Waals surface area contributed by atoms with Gasteiger partial charge in [0.1, 0.15) is 6.10 Å². The summed E-state index contributed by atoms with van der Waals surface area (Å²) in [4.78, 5) is 2.57. The molecule has 0 saturated carbocycles. The molecule has 0 bridgehead atoms. The van der Waals surface area contributed by atoms with Gasteiger partial charge in [-0.25, -0.2) is 0 Å². The van der Waals surface area contributed by atoms with Crippen LogP contribution in [-0.4, -0.2) is 41.2 Å². The van der Waals surface area contributed by atoms with Crippen LogP contribution in [-0.2, 0) is 9.31 Å². The van der Waals surface area contributed by atoms with Gasteiger partial charge >= 0.3 is 7.12 Å². The molecular weight excluding hydrogens is 297 g/mol. The van der Waals surface area contributed by atoms with Crippen LogP contribution in [0.5, 0.6) is 0 Å². The first-order valence-corrected chi connectivity index (χ1v) is 7.50. The van der Waals surface area contributed by atoms with Crippen LogP contribution in [0.3, 0.4) is 0 Å². The van der Waals surface area contributed by atoms with Gasteiger partial charge in [0.15, 0.2) is 0 Å². The minimum absolute atomic E-state index is 0.184. The van der Waals surface area contributed by atoms with Gasteiger partial charge in [0.2, 0.25) is 0 Å². The number of nitrogens with zero attached hydrogens (tertiary/aromatic N) is 3. The van der Waals surface area contributed by atoms with E-state index in [1.165, 1.54) is 0 Å². The van der Waals surface area contributed by atoms with Gasteiger partial charge in [0.05, 0.1) is 23.9 Å². The second-order valence-corrected chi connectivity index (χ2v) is 6.68. The number of hydrogen-bond donors (Lipinski definition) is 2. The van der Waals surface area contributed by atoms with Crippen molar-refractivity contribution in [2.24, 2.45) is 5.11 Å². The summed E-state index contributed by atoms with van der Waals surface area (Å²) in [6, 6.07) is 6.98. The quantitative estimate of drug-likeness (QED) is 0.372. The van der Waals surface area contributed by atoms with Gasteiger partial charge in [-0.2, -0.15) is 0 Å². The molecule has 1 saturated heterocycles. The zero-order valence-corrected chi connectivity index (χ0v) is 13.8. The molecule has 2 unspecified atom stereocenters. The summed E-state index contributed by atoms with van der Waals surface area (Å²) < 4.78 is 11.9. The molecule has 1 aromatic rings. The molecule has 2 N–H and O–H groups in total. The van der Waals surface area contributed by atoms with Gasteiger partial charge in [0.25, 0.3) is 0 Å². The lowest BCUT2D eigenvalue weighted by molar-refractivity contribution is 0.00578. The van der Waals surface area contributed by atoms with Crippen molar-refractivity contribution in [3.63, 3.8) is 0 Å². The third kappa shape index (κ3) is 3.68. The van der Waals surface area contributed by atoms with Gasteiger partial charge in [-0.3, -0.25) is 0 Å². The topological polar surface area (TPSA) is 108 Å². The van der Waals surface area contributed by atoms with Crippen molar-refractivity contribution in [2.45, 2.75) is 51.1 Å². The van der Waals surface area contributed by atoms with Gasteiger partial charge in [-0.15, -0.1) is 0 Å². The Hall–Kier alpha value is -1.57. The maximum absolute atomic E-state index is 10.0. The molecule has 7 nitrogen and oxygen atoms in total. The van der Waals surface area contributed by atoms with Gasteiger partial charge in [-0.05, 0) is 44.3 Å². The van der Waals surface area contributed by atoms with Gasteiger partial charge < -0.3 is 19.5 Å². The fourth-order valence-electron chi connectivity index (χ4n) is 2.27. The summed E-state index contributed by atoms with van der Waals surface area (Å²) in [5.74, 6) is 0. The highest BCUT2D eigenvalue weighted by molar-refractivity contribution is 6.62. The van der Waals surface area contributed by atoms with Crippen molar-refractivity contribution in [3.05, 3.63) is 40.3 Å². The Morgan fingerprint density at radius 1 is 1.13 bits per heavy atom. The standard InChI is InChI=1S/C15H22BN3O4/c1-14(2)15(3,4)23-16(22-14)11-7-5-10(6-8-11)13(21)12(20)9-18-19-17/h5-8,12-13,20-21H,9H2,1-4H3. The molecule has 1 heterocycles. The molecule has 0 radical (unpaired) electrons. The molecular formula is C15H22BN3O4. The van der Waals surface area contributed by atoms with Crippen molar-refractivity contribution in [2.75, 3.05) is 6.54 Å². The van der Waals surface area contributed by atoms with E-state index in [9.17, 15) is 10.2 Å². The van der Waals surface area contributed by atoms with E-state index in [-0.39, 0.29) is 6.54 Å². The van der Waals surface area contributed by atoms with Gasteiger partial charge in [-0.1, -0.05) is 29.4 Å². The van der Waals surface area contributed by atoms with Crippen molar-refractivity contribution < 1.29 is 19.5 Å². The van der Waals surface area contributed by atoms with Crippen molar-refractivity contribution in [1.29, 1.82) is 0 Å². The molecule has 1 aliphatic rings. The van der Waals surface area contributed by atoms with Crippen molar-refractivity contribution >= 4 is 12.6 Å². The summed E-state index contributed by atoms with van der Waals surface area (Å²) in [6.07, 6.45) is -2.26. The average molecular weight is 319 g/mol. The summed E-state index contributed by atoms with van der Waals surface area (Å²) >= 11 is 0. The summed E-state index contributed by atoms with van der Waals surface area (Å²) in [5.41, 5.74) is 8.79. The van der Waals surface area contributed by atoms with Crippen LogP contribution in [0.25, 0.3) is 10.4 Å². The molecule has 0 amide bonds. The lowest BCUT2D eigenvalue weighted by Gasteiger charge is -2.32. The third-order valence-corrected chi connectivity index (χ3v) is 4.50. The molecule has 1 aliphatic heterocycles. The van der Waals surface area contributed by atoms with E-state index in [4.69, 9.17) is 14.8 Å². The Morgan fingerprint density at radius 2 is 1.65 bits per heavy atom. The van der Waals surface area contributed by atoms with Crippen molar-refractivity contribution in [3.8, 4) is 0 Å². The Kier molecular flexibility index (Phi) is 5.03. The number of hydrogen-bond acceptors (Lipinski definition) is 5. The first kappa shape index (κ1) is 17.8. The number of rotatable bonds is 5. The molecule has 2 rings (SSSR count). The number of azide groups is 1. The minimum atomic E-state index is -1.14. The maximum Gasteiger partial charge on any atom is 0.494 e. The molecule has 8 heteroatoms. The monoisotopic (exact) mass is 319 g/mol. The van der Waals surface area contributed by atoms with E-state index in [1.54, 1.807) is 24.3 Å². The fraction of sp³-hybridized carbons (Fsp3) is 0.600. The second-order valence-electron chi connectivity index (χ2n) is 6.68. The van der Waals surface area contributed by atoms with Crippen LogP contribution >= 0.6 is 0 Å². The molecule has 0 aliphatic carbocycles. The molecule has 23 heavy (non-hydrogen) atoms. The highest BCUT2D eigenvalue weighted by Gasteiger charge is 2.51. The Labute approximate surface area is 136 Å². The normalized spacial score (nSPS) is 21.6. The maximum atomic E-state index is 10.0. The lowest BCUT2D eigenvalue weighted by Crippen LogP contribution is -2.41. The van der Waals surface area contributed by atoms with Crippen LogP contribution in [0.2, 0.25) is 0 Å². The van der Waals surface area contributed by atoms with E-state index in [1.807, 2.05) is 27.7 Å². The zero-order chi connectivity index (χ0) is 17.3. The van der Waals surface area contributed by atoms with Crippen LogP contribution in [0, 0.1) is 0 Å². The van der Waals surface area contributed by atoms with Crippen LogP contribution in [0.1, 0.15) is 39.4 Å². The highest BCUT2D eigenvalue weighted by atomic mass is 16.7. The SMILES string of the molecule is CC1(C)OB(c2ccc(C(O)C(O)CN=[N+]=[N-])cc2)OC1(C)C. The average Bonchev–Trinajstić information content (AvgIpc) is 2.72. The summed E-state index contributed by atoms with van der Waals surface area (Å²) in [7, 11) is -0.473. The molecule has 2 atom stereocenters. The Balaban J connectivity index is 2.10. The number of benzene rings is 1. The molecule has 1 aromatic carbocycles. The first-order valence-electron chi connectivity index (χ1n) is 7.50. The van der Waals surface area contributed by atoms with E-state index in [0.29, 0.717) is 5.56 Å². The summed E-state index contributed by atoms with van der Waals surface area (Å²) in [6.45, 7) is 7.75. The number of aliphatic hydroxyl groups excluding tert-OH is 2. The van der Waals surface area contributed by atoms with Crippen molar-refractivity contribution in [1.82, 2.24) is 0 Å².